The van der Waals surface area contributed by atoms with Crippen LogP contribution in [-0.2, 0) is 0 Å². The number of ether oxygens (including phenoxy) is 1. The van der Waals surface area contributed by atoms with Gasteiger partial charge in [0.15, 0.2) is 5.43 Å². The number of benzene rings is 5. The van der Waals surface area contributed by atoms with E-state index in [-0.39, 0.29) is 16.6 Å². The molecule has 1 N–H and O–H groups in total. The first kappa shape index (κ1) is 27.5. The lowest BCUT2D eigenvalue weighted by molar-refractivity contribution is 0.308. The van der Waals surface area contributed by atoms with Gasteiger partial charge in [0.25, 0.3) is 0 Å². The van der Waals surface area contributed by atoms with E-state index >= 15 is 0 Å². The summed E-state index contributed by atoms with van der Waals surface area (Å²) in [6, 6.07) is 46.7. The fourth-order valence-corrected chi connectivity index (χ4v) is 10.0. The molecule has 0 atom stereocenters. The first-order chi connectivity index (χ1) is 20.6. The van der Waals surface area contributed by atoms with Crippen molar-refractivity contribution in [2.45, 2.75) is 12.8 Å². The van der Waals surface area contributed by atoms with Crippen LogP contribution >= 0.6 is 7.26 Å². The van der Waals surface area contributed by atoms with Gasteiger partial charge < -0.3 is 14.3 Å². The highest BCUT2D eigenvalue weighted by molar-refractivity contribution is 7.95. The van der Waals surface area contributed by atoms with Gasteiger partial charge in [-0.25, -0.2) is 0 Å². The van der Waals surface area contributed by atoms with Crippen LogP contribution in [0.3, 0.4) is 0 Å². The molecule has 0 aliphatic rings. The molecule has 42 heavy (non-hydrogen) atoms. The maximum absolute atomic E-state index is 12.8. The van der Waals surface area contributed by atoms with E-state index in [0.717, 1.165) is 24.6 Å². The summed E-state index contributed by atoms with van der Waals surface area (Å²) in [5, 5.41) is 14.9. The summed E-state index contributed by atoms with van der Waals surface area (Å²) in [4.78, 5) is 12.8. The van der Waals surface area contributed by atoms with E-state index in [0.29, 0.717) is 23.7 Å². The smallest absolute Gasteiger partial charge is 0.197 e. The van der Waals surface area contributed by atoms with E-state index in [1.807, 2.05) is 30.3 Å². The summed E-state index contributed by atoms with van der Waals surface area (Å²) < 4.78 is 12.1. The number of phenols is 1. The topological polar surface area (TPSA) is 59.7 Å². The van der Waals surface area contributed by atoms with Crippen LogP contribution in [0.15, 0.2) is 149 Å². The average molecular weight is 572 g/mol. The Balaban J connectivity index is 1.23. The summed E-state index contributed by atoms with van der Waals surface area (Å²) in [6.07, 6.45) is 2.80. The normalized spacial score (nSPS) is 11.4. The third-order valence-electron chi connectivity index (χ3n) is 7.59. The van der Waals surface area contributed by atoms with E-state index in [1.165, 1.54) is 28.0 Å². The molecule has 0 amide bonds. The zero-order chi connectivity index (χ0) is 28.8. The van der Waals surface area contributed by atoms with E-state index < -0.39 is 7.26 Å². The molecule has 0 bridgehead atoms. The molecule has 208 valence electrons. The van der Waals surface area contributed by atoms with Gasteiger partial charge in [-0.1, -0.05) is 84.9 Å². The largest absolute Gasteiger partial charge is 0.507 e. The molecular formula is C37H32O4P+. The SMILES string of the molecule is O=c1cc(-c2ccccc2)oc2cc(OCCCC[P+](c3ccccc3)(c3ccccc3)c3ccccc3)cc(O)c12. The van der Waals surface area contributed by atoms with Crippen molar-refractivity contribution in [1.82, 2.24) is 0 Å². The minimum absolute atomic E-state index is 0.141. The van der Waals surface area contributed by atoms with Gasteiger partial charge in [-0.3, -0.25) is 4.79 Å². The van der Waals surface area contributed by atoms with Crippen LogP contribution in [0.5, 0.6) is 11.5 Å². The molecular weight excluding hydrogens is 539 g/mol. The zero-order valence-electron chi connectivity index (χ0n) is 23.2. The quantitative estimate of drug-likeness (QED) is 0.138. The first-order valence-corrected chi connectivity index (χ1v) is 16.2. The Morgan fingerprint density at radius 3 is 1.71 bits per heavy atom. The van der Waals surface area contributed by atoms with Crippen molar-refractivity contribution in [2.75, 3.05) is 12.8 Å². The lowest BCUT2D eigenvalue weighted by Crippen LogP contribution is -2.33. The van der Waals surface area contributed by atoms with Crippen LogP contribution in [0.4, 0.5) is 0 Å². The van der Waals surface area contributed by atoms with Gasteiger partial charge in [0.05, 0.1) is 12.8 Å². The number of unbranched alkanes of at least 4 members (excludes halogenated alkanes) is 1. The van der Waals surface area contributed by atoms with Gasteiger partial charge in [-0.2, -0.15) is 0 Å². The number of aromatic hydroxyl groups is 1. The lowest BCUT2D eigenvalue weighted by Gasteiger charge is -2.27. The monoisotopic (exact) mass is 571 g/mol. The molecule has 0 fully saturated rings. The Labute approximate surface area is 246 Å². The van der Waals surface area contributed by atoms with Gasteiger partial charge in [0, 0.05) is 23.8 Å². The predicted molar refractivity (Wildman–Crippen MR) is 174 cm³/mol. The second-order valence-corrected chi connectivity index (χ2v) is 13.9. The molecule has 0 unspecified atom stereocenters. The highest BCUT2D eigenvalue weighted by atomic mass is 31.2. The maximum Gasteiger partial charge on any atom is 0.197 e. The summed E-state index contributed by atoms with van der Waals surface area (Å²) in [5.41, 5.74) is 0.810. The van der Waals surface area contributed by atoms with Gasteiger partial charge in [-0.15, -0.1) is 0 Å². The molecule has 6 aromatic rings. The number of hydrogen-bond acceptors (Lipinski definition) is 4. The van der Waals surface area contributed by atoms with E-state index in [4.69, 9.17) is 9.15 Å². The van der Waals surface area contributed by atoms with Gasteiger partial charge in [0.2, 0.25) is 0 Å². The number of hydrogen-bond donors (Lipinski definition) is 1. The van der Waals surface area contributed by atoms with Gasteiger partial charge in [-0.05, 0) is 49.2 Å². The standard InChI is InChI=1S/C37H31O4P/c38-33-25-29(26-36-37(33)34(39)27-35(41-36)28-15-5-1-6-16-28)40-23-13-14-24-42(30-17-7-2-8-18-30,31-19-9-3-10-20-31)32-21-11-4-12-22-32/h1-12,15-22,25-27H,13-14,23-24H2/p+1. The van der Waals surface area contributed by atoms with Crippen LogP contribution in [0.2, 0.25) is 0 Å². The molecule has 1 aromatic heterocycles. The van der Waals surface area contributed by atoms with Crippen LogP contribution in [0.1, 0.15) is 12.8 Å². The summed E-state index contributed by atoms with van der Waals surface area (Å²) in [6.45, 7) is 0.478. The molecule has 6 rings (SSSR count). The van der Waals surface area contributed by atoms with Crippen molar-refractivity contribution in [3.63, 3.8) is 0 Å². The molecule has 0 aliphatic carbocycles. The number of fused-ring (bicyclic) bond motifs is 1. The van der Waals surface area contributed by atoms with Crippen LogP contribution in [0.25, 0.3) is 22.3 Å². The second-order valence-electron chi connectivity index (χ2n) is 10.3. The van der Waals surface area contributed by atoms with Crippen molar-refractivity contribution in [2.24, 2.45) is 0 Å². The minimum Gasteiger partial charge on any atom is -0.507 e. The molecule has 0 saturated heterocycles. The third-order valence-corrected chi connectivity index (χ3v) is 12.1. The predicted octanol–water partition coefficient (Wildman–Crippen LogP) is 7.32. The van der Waals surface area contributed by atoms with Crippen molar-refractivity contribution in [3.05, 3.63) is 150 Å². The second kappa shape index (κ2) is 12.5. The molecule has 0 spiro atoms. The van der Waals surface area contributed by atoms with Gasteiger partial charge in [0.1, 0.15) is 51.4 Å². The molecule has 1 heterocycles. The van der Waals surface area contributed by atoms with Crippen molar-refractivity contribution < 1.29 is 14.3 Å². The minimum atomic E-state index is -1.89. The van der Waals surface area contributed by atoms with Crippen molar-refractivity contribution in [1.29, 1.82) is 0 Å². The summed E-state index contributed by atoms with van der Waals surface area (Å²) in [5.74, 6) is 0.786. The molecule has 0 radical (unpaired) electrons. The summed E-state index contributed by atoms with van der Waals surface area (Å²) in [7, 11) is -1.89. The fourth-order valence-electron chi connectivity index (χ4n) is 5.59. The maximum atomic E-state index is 12.8. The molecule has 5 heteroatoms. The molecule has 0 saturated carbocycles. The zero-order valence-corrected chi connectivity index (χ0v) is 24.1. The lowest BCUT2D eigenvalue weighted by atomic mass is 10.1. The fraction of sp³-hybridized carbons (Fsp3) is 0.108. The van der Waals surface area contributed by atoms with Crippen LogP contribution in [0, 0.1) is 0 Å². The number of phenolic OH excluding ortho intramolecular Hbond substituents is 1. The van der Waals surface area contributed by atoms with Gasteiger partial charge >= 0.3 is 0 Å². The van der Waals surface area contributed by atoms with Crippen molar-refractivity contribution in [3.8, 4) is 22.8 Å². The molecule has 4 nitrogen and oxygen atoms in total. The highest BCUT2D eigenvalue weighted by Gasteiger charge is 2.44. The highest BCUT2D eigenvalue weighted by Crippen LogP contribution is 2.55. The molecule has 5 aromatic carbocycles. The van der Waals surface area contributed by atoms with E-state index in [9.17, 15) is 9.90 Å². The molecule has 0 aliphatic heterocycles. The van der Waals surface area contributed by atoms with Crippen LogP contribution in [-0.4, -0.2) is 17.9 Å². The Kier molecular flexibility index (Phi) is 8.16. The Hall–Kier alpha value is -4.66. The van der Waals surface area contributed by atoms with E-state index in [1.54, 1.807) is 6.07 Å². The van der Waals surface area contributed by atoms with E-state index in [2.05, 4.69) is 91.0 Å². The van der Waals surface area contributed by atoms with Crippen LogP contribution < -0.4 is 26.1 Å². The Morgan fingerprint density at radius 1 is 0.643 bits per heavy atom. The Morgan fingerprint density at radius 2 is 1.17 bits per heavy atom. The van der Waals surface area contributed by atoms with Crippen molar-refractivity contribution >= 4 is 34.1 Å². The third kappa shape index (κ3) is 5.59. The average Bonchev–Trinajstić information content (AvgIpc) is 3.04. The Bertz CT molecular complexity index is 1720. The first-order valence-electron chi connectivity index (χ1n) is 14.2. The summed E-state index contributed by atoms with van der Waals surface area (Å²) >= 11 is 0. The number of rotatable bonds is 10.